The molecule has 3 heterocycles. The van der Waals surface area contributed by atoms with Gasteiger partial charge >= 0.3 is 120 Å². The molecule has 223 valence electrons. The Balaban J connectivity index is 0.000000204. The molecule has 0 unspecified atom stereocenters. The fraction of sp³-hybridized carbons (Fsp3) is 0.243. The van der Waals surface area contributed by atoms with Gasteiger partial charge in [-0.15, -0.1) is 18.2 Å². The number of hydrogen-bond acceptors (Lipinski definition) is 3. The Morgan fingerprint density at radius 2 is 1.58 bits per heavy atom. The normalized spacial score (nSPS) is 12.7. The van der Waals surface area contributed by atoms with Crippen LogP contribution in [-0.2, 0) is 20.1 Å². The summed E-state index contributed by atoms with van der Waals surface area (Å²) in [6.07, 6.45) is 3.68. The molecule has 0 aliphatic rings. The number of rotatable bonds is 5. The maximum atomic E-state index is 14.0. The summed E-state index contributed by atoms with van der Waals surface area (Å²) < 4.78 is 37.8. The first kappa shape index (κ1) is 29.9. The SMILES string of the molecule is [2H]C(C)(C)c1cc(-c2[c-]cccc2)nc[c]1[Ge]([CH3])([CH3])[CH3].[2H]C(C)(C)c1ccnc(-c2[c-]ccc3c2oc2c(F)cccc23)c1.[Ir]. The molecule has 0 saturated heterocycles. The monoisotopic (exact) mass is 813 g/mol. The Hall–Kier alpha value is -3.12. The second-order valence-corrected chi connectivity index (χ2v) is 22.5. The molecule has 3 aromatic heterocycles. The van der Waals surface area contributed by atoms with Gasteiger partial charge in [-0.2, -0.15) is 0 Å². The average Bonchev–Trinajstić information content (AvgIpc) is 3.37. The van der Waals surface area contributed by atoms with E-state index < -0.39 is 25.1 Å². The Morgan fingerprint density at radius 1 is 0.814 bits per heavy atom. The van der Waals surface area contributed by atoms with Gasteiger partial charge in [-0.25, -0.2) is 4.39 Å². The molecule has 3 nitrogen and oxygen atoms in total. The number of furan rings is 1. The maximum Gasteiger partial charge on any atom is 0.165 e. The molecule has 0 saturated carbocycles. The summed E-state index contributed by atoms with van der Waals surface area (Å²) in [6.45, 7) is 7.57. The minimum atomic E-state index is -2.03. The molecule has 0 spiro atoms. The molecule has 0 N–H and O–H groups in total. The molecule has 6 aromatic rings. The smallest absolute Gasteiger partial charge is 0.165 e. The maximum absolute atomic E-state index is 14.0. The number of fused-ring (bicyclic) bond motifs is 3. The number of nitrogens with zero attached hydrogens (tertiary/aromatic N) is 2. The second-order valence-electron chi connectivity index (χ2n) is 11.9. The van der Waals surface area contributed by atoms with Crippen LogP contribution in [0, 0.1) is 17.9 Å². The van der Waals surface area contributed by atoms with Crippen molar-refractivity contribution in [2.45, 2.75) is 56.8 Å². The molecular weight excluding hydrogens is 772 g/mol. The van der Waals surface area contributed by atoms with Crippen molar-refractivity contribution in [1.29, 1.82) is 0 Å². The van der Waals surface area contributed by atoms with Crippen molar-refractivity contribution >= 4 is 39.6 Å². The van der Waals surface area contributed by atoms with Gasteiger partial charge in [0.05, 0.1) is 5.58 Å². The van der Waals surface area contributed by atoms with Gasteiger partial charge in [0.25, 0.3) is 0 Å². The Morgan fingerprint density at radius 3 is 2.26 bits per heavy atom. The first-order chi connectivity index (χ1) is 20.6. The standard InChI is InChI=1S/C20H15FNO.C17H22GeN.Ir/c1-12(2)13-9-10-22-18(11-13)16-7-3-5-14-15-6-4-8-17(21)20(15)23-19(14)16;1-13(2)15-11-17(14-9-7-6-8-10-14)19-12-16(15)18(3,4)5;/h3-6,8-12H,1-2H3;6-9,11-13H,1-5H3;/q2*-1;/i12D;13D;. The van der Waals surface area contributed by atoms with Crippen LogP contribution >= 0.6 is 0 Å². The van der Waals surface area contributed by atoms with E-state index in [2.05, 4.69) is 45.4 Å². The van der Waals surface area contributed by atoms with Crippen LogP contribution in [0.5, 0.6) is 0 Å². The quantitative estimate of drug-likeness (QED) is 0.129. The van der Waals surface area contributed by atoms with Crippen molar-refractivity contribution in [3.63, 3.8) is 0 Å². The first-order valence-electron chi connectivity index (χ1n) is 15.1. The van der Waals surface area contributed by atoms with E-state index in [-0.39, 0.29) is 31.5 Å². The van der Waals surface area contributed by atoms with Crippen molar-refractivity contribution in [1.82, 2.24) is 9.97 Å². The van der Waals surface area contributed by atoms with E-state index in [9.17, 15) is 4.39 Å². The fourth-order valence-electron chi connectivity index (χ4n) is 4.96. The zero-order valence-electron chi connectivity index (χ0n) is 27.6. The second kappa shape index (κ2) is 13.7. The van der Waals surface area contributed by atoms with Gasteiger partial charge in [-0.1, -0.05) is 48.6 Å². The van der Waals surface area contributed by atoms with Gasteiger partial charge in [0.2, 0.25) is 0 Å². The van der Waals surface area contributed by atoms with Crippen molar-refractivity contribution in [3.05, 3.63) is 114 Å². The summed E-state index contributed by atoms with van der Waals surface area (Å²) in [6, 6.07) is 28.6. The van der Waals surface area contributed by atoms with Gasteiger partial charge < -0.3 is 9.40 Å². The Bertz CT molecular complexity index is 1940. The van der Waals surface area contributed by atoms with E-state index in [1.807, 2.05) is 82.4 Å². The van der Waals surface area contributed by atoms with Crippen molar-refractivity contribution in [2.75, 3.05) is 0 Å². The van der Waals surface area contributed by atoms with E-state index in [4.69, 9.17) is 7.16 Å². The first-order valence-corrected chi connectivity index (χ1v) is 21.5. The molecule has 0 amide bonds. The third kappa shape index (κ3) is 7.17. The van der Waals surface area contributed by atoms with Crippen LogP contribution in [0.2, 0.25) is 17.3 Å². The minimum absolute atomic E-state index is 0. The minimum Gasteiger partial charge on any atom is -0.498 e. The number of benzene rings is 3. The topological polar surface area (TPSA) is 38.9 Å². The van der Waals surface area contributed by atoms with Crippen LogP contribution in [0.1, 0.15) is 53.4 Å². The van der Waals surface area contributed by atoms with Crippen LogP contribution in [0.15, 0.2) is 89.6 Å². The number of hydrogen-bond donors (Lipinski definition) is 0. The van der Waals surface area contributed by atoms with Crippen molar-refractivity contribution in [3.8, 4) is 22.5 Å². The zero-order valence-corrected chi connectivity index (χ0v) is 30.1. The largest absolute Gasteiger partial charge is 0.498 e. The summed E-state index contributed by atoms with van der Waals surface area (Å²) >= 11 is -2.03. The molecule has 3 aromatic carbocycles. The molecule has 0 bridgehead atoms. The summed E-state index contributed by atoms with van der Waals surface area (Å²) in [7, 11) is 0. The molecule has 43 heavy (non-hydrogen) atoms. The third-order valence-corrected chi connectivity index (χ3v) is 11.5. The van der Waals surface area contributed by atoms with E-state index in [1.165, 1.54) is 10.5 Å². The van der Waals surface area contributed by atoms with Gasteiger partial charge in [0.15, 0.2) is 11.4 Å². The summed E-state index contributed by atoms with van der Waals surface area (Å²) in [5, 5.41) is 1.56. The molecule has 0 aliphatic heterocycles. The summed E-state index contributed by atoms with van der Waals surface area (Å²) in [4.78, 5) is 9.02. The van der Waals surface area contributed by atoms with Crippen LogP contribution in [0.4, 0.5) is 4.39 Å². The molecule has 0 fully saturated rings. The van der Waals surface area contributed by atoms with Gasteiger partial charge in [-0.05, 0) is 23.7 Å². The Labute approximate surface area is 273 Å². The molecule has 0 aliphatic carbocycles. The van der Waals surface area contributed by atoms with Gasteiger partial charge in [0.1, 0.15) is 0 Å². The molecule has 6 rings (SSSR count). The van der Waals surface area contributed by atoms with Crippen molar-refractivity contribution in [2.24, 2.45) is 0 Å². The molecule has 1 radical (unpaired) electrons. The van der Waals surface area contributed by atoms with E-state index >= 15 is 0 Å². The number of aromatic nitrogens is 2. The van der Waals surface area contributed by atoms with E-state index in [0.29, 0.717) is 16.8 Å². The zero-order chi connectivity index (χ0) is 31.9. The third-order valence-electron chi connectivity index (χ3n) is 7.24. The van der Waals surface area contributed by atoms with Crippen LogP contribution < -0.4 is 4.40 Å². The predicted octanol–water partition coefficient (Wildman–Crippen LogP) is 9.93. The van der Waals surface area contributed by atoms with Crippen LogP contribution in [-0.4, -0.2) is 23.2 Å². The summed E-state index contributed by atoms with van der Waals surface area (Å²) in [5.74, 6) is 5.33. The number of pyridine rings is 2. The average molecular weight is 812 g/mol. The molecule has 0 atom stereocenters. The molecular formula is C37H37FGeIrN2O-2. The Kier molecular flexibility index (Phi) is 9.52. The molecule has 6 heteroatoms. The number of halogens is 1. The van der Waals surface area contributed by atoms with Gasteiger partial charge in [0, 0.05) is 33.1 Å². The number of para-hydroxylation sites is 1. The van der Waals surface area contributed by atoms with Crippen molar-refractivity contribution < 1.29 is 31.7 Å². The van der Waals surface area contributed by atoms with Gasteiger partial charge in [-0.3, -0.25) is 0 Å². The van der Waals surface area contributed by atoms with Crippen LogP contribution in [0.25, 0.3) is 44.5 Å². The fourth-order valence-corrected chi connectivity index (χ4v) is 8.28. The van der Waals surface area contributed by atoms with E-state index in [1.54, 1.807) is 18.3 Å². The predicted molar refractivity (Wildman–Crippen MR) is 175 cm³/mol. The summed E-state index contributed by atoms with van der Waals surface area (Å²) in [5.41, 5.74) is 6.01. The van der Waals surface area contributed by atoms with E-state index in [0.717, 1.165) is 33.2 Å². The van der Waals surface area contributed by atoms with Crippen LogP contribution in [0.3, 0.4) is 0 Å².